The Balaban J connectivity index is 1.23. The lowest BCUT2D eigenvalue weighted by molar-refractivity contribution is 0.672. The van der Waals surface area contributed by atoms with Gasteiger partial charge >= 0.3 is 0 Å². The first-order chi connectivity index (χ1) is 23.3. The van der Waals surface area contributed by atoms with Gasteiger partial charge in [0.05, 0.1) is 5.69 Å². The highest BCUT2D eigenvalue weighted by molar-refractivity contribution is 7.25. The summed E-state index contributed by atoms with van der Waals surface area (Å²) < 4.78 is 9.07. The van der Waals surface area contributed by atoms with E-state index in [4.69, 9.17) is 4.42 Å². The second-order valence-corrected chi connectivity index (χ2v) is 13.2. The molecule has 0 N–H and O–H groups in total. The average Bonchev–Trinajstić information content (AvgIpc) is 3.70. The molecule has 0 spiro atoms. The molecule has 0 aliphatic carbocycles. The van der Waals surface area contributed by atoms with Crippen molar-refractivity contribution in [3.8, 4) is 11.1 Å². The molecule has 0 bridgehead atoms. The van der Waals surface area contributed by atoms with Crippen LogP contribution in [-0.4, -0.2) is 0 Å². The number of hydrogen-bond acceptors (Lipinski definition) is 3. The predicted octanol–water partition coefficient (Wildman–Crippen LogP) is 13.4. The summed E-state index contributed by atoms with van der Waals surface area (Å²) in [5, 5.41) is 9.61. The van der Waals surface area contributed by atoms with Gasteiger partial charge in [-0.1, -0.05) is 121 Å². The van der Waals surface area contributed by atoms with E-state index < -0.39 is 0 Å². The molecule has 0 amide bonds. The molecule has 10 rings (SSSR count). The minimum atomic E-state index is 0.905. The summed E-state index contributed by atoms with van der Waals surface area (Å²) in [5.41, 5.74) is 7.62. The van der Waals surface area contributed by atoms with Crippen LogP contribution >= 0.6 is 11.3 Å². The molecule has 2 heterocycles. The van der Waals surface area contributed by atoms with Gasteiger partial charge in [0.15, 0.2) is 0 Å². The zero-order chi connectivity index (χ0) is 30.9. The zero-order valence-electron chi connectivity index (χ0n) is 25.4. The van der Waals surface area contributed by atoms with Crippen molar-refractivity contribution in [1.82, 2.24) is 0 Å². The number of thiophene rings is 1. The van der Waals surface area contributed by atoms with Crippen LogP contribution < -0.4 is 4.90 Å². The summed E-state index contributed by atoms with van der Waals surface area (Å²) in [6, 6.07) is 59.1. The minimum absolute atomic E-state index is 0.905. The molecular formula is C44H27NOS. The lowest BCUT2D eigenvalue weighted by Crippen LogP contribution is -2.10. The summed E-state index contributed by atoms with van der Waals surface area (Å²) in [6.07, 6.45) is 0. The molecule has 2 aromatic heterocycles. The standard InChI is InChI=1S/C44H27NOS/c1-2-12-32-28(10-1)11-9-17-33(32)29-20-22-30(23-21-29)45(31-24-25-37-36-15-6-8-19-42(36)47-43(37)26-31)40-27-39-35-14-5-7-18-41(35)46-44(39)38-16-4-3-13-34(38)40/h1-27H. The van der Waals surface area contributed by atoms with E-state index in [0.29, 0.717) is 0 Å². The smallest absolute Gasteiger partial charge is 0.143 e. The molecule has 47 heavy (non-hydrogen) atoms. The Hall–Kier alpha value is -5.90. The molecule has 3 heteroatoms. The van der Waals surface area contributed by atoms with Crippen molar-refractivity contribution in [2.45, 2.75) is 0 Å². The van der Waals surface area contributed by atoms with Crippen LogP contribution in [0.5, 0.6) is 0 Å². The Morgan fingerprint density at radius 3 is 1.96 bits per heavy atom. The van der Waals surface area contributed by atoms with Crippen molar-refractivity contribution in [3.63, 3.8) is 0 Å². The van der Waals surface area contributed by atoms with E-state index in [1.165, 1.54) is 42.1 Å². The first kappa shape index (κ1) is 26.3. The number of rotatable bonds is 4. The second-order valence-electron chi connectivity index (χ2n) is 12.1. The van der Waals surface area contributed by atoms with Crippen LogP contribution in [0.1, 0.15) is 0 Å². The summed E-state index contributed by atoms with van der Waals surface area (Å²) in [7, 11) is 0. The van der Waals surface area contributed by atoms with Gasteiger partial charge in [0.1, 0.15) is 11.2 Å². The van der Waals surface area contributed by atoms with Gasteiger partial charge in [-0.2, -0.15) is 0 Å². The van der Waals surface area contributed by atoms with Crippen molar-refractivity contribution in [2.75, 3.05) is 4.90 Å². The number of nitrogens with zero attached hydrogens (tertiary/aromatic N) is 1. The molecule has 0 aliphatic rings. The maximum Gasteiger partial charge on any atom is 0.143 e. The largest absolute Gasteiger partial charge is 0.455 e. The molecule has 8 aromatic carbocycles. The lowest BCUT2D eigenvalue weighted by Gasteiger charge is -2.27. The van der Waals surface area contributed by atoms with Gasteiger partial charge < -0.3 is 9.32 Å². The first-order valence-electron chi connectivity index (χ1n) is 15.9. The maximum absolute atomic E-state index is 6.49. The van der Waals surface area contributed by atoms with Gasteiger partial charge in [-0.15, -0.1) is 11.3 Å². The van der Waals surface area contributed by atoms with Crippen LogP contribution in [0.2, 0.25) is 0 Å². The molecule has 2 nitrogen and oxygen atoms in total. The number of anilines is 3. The van der Waals surface area contributed by atoms with E-state index in [-0.39, 0.29) is 0 Å². The van der Waals surface area contributed by atoms with Crippen LogP contribution in [0.4, 0.5) is 17.1 Å². The molecule has 0 radical (unpaired) electrons. The fourth-order valence-electron chi connectivity index (χ4n) is 7.26. The molecule has 0 saturated carbocycles. The van der Waals surface area contributed by atoms with E-state index in [9.17, 15) is 0 Å². The summed E-state index contributed by atoms with van der Waals surface area (Å²) >= 11 is 1.85. The van der Waals surface area contributed by atoms with Gasteiger partial charge in [0.25, 0.3) is 0 Å². The third-order valence-electron chi connectivity index (χ3n) is 9.45. The van der Waals surface area contributed by atoms with Crippen LogP contribution in [0.15, 0.2) is 168 Å². The monoisotopic (exact) mass is 617 g/mol. The third-order valence-corrected chi connectivity index (χ3v) is 10.6. The summed E-state index contributed by atoms with van der Waals surface area (Å²) in [5.74, 6) is 0. The Labute approximate surface area is 275 Å². The number of hydrogen-bond donors (Lipinski definition) is 0. The minimum Gasteiger partial charge on any atom is -0.455 e. The van der Waals surface area contributed by atoms with Gasteiger partial charge in [-0.05, 0) is 64.4 Å². The predicted molar refractivity (Wildman–Crippen MR) is 202 cm³/mol. The maximum atomic E-state index is 6.49. The van der Waals surface area contributed by atoms with E-state index in [1.807, 2.05) is 17.4 Å². The van der Waals surface area contributed by atoms with Crippen LogP contribution in [-0.2, 0) is 0 Å². The Morgan fingerprint density at radius 1 is 0.426 bits per heavy atom. The van der Waals surface area contributed by atoms with Crippen LogP contribution in [0, 0.1) is 0 Å². The number of furan rings is 1. The van der Waals surface area contributed by atoms with Crippen molar-refractivity contribution in [1.29, 1.82) is 0 Å². The topological polar surface area (TPSA) is 16.4 Å². The lowest BCUT2D eigenvalue weighted by atomic mass is 9.97. The second kappa shape index (κ2) is 10.3. The summed E-state index contributed by atoms with van der Waals surface area (Å²) in [4.78, 5) is 2.42. The average molecular weight is 618 g/mol. The molecule has 0 atom stereocenters. The van der Waals surface area contributed by atoms with Gasteiger partial charge in [0.2, 0.25) is 0 Å². The summed E-state index contributed by atoms with van der Waals surface area (Å²) in [6.45, 7) is 0. The van der Waals surface area contributed by atoms with E-state index >= 15 is 0 Å². The number of benzene rings is 8. The Kier molecular flexibility index (Phi) is 5.78. The fourth-order valence-corrected chi connectivity index (χ4v) is 8.40. The molecular weight excluding hydrogens is 591 g/mol. The van der Waals surface area contributed by atoms with E-state index in [2.05, 4.69) is 163 Å². The molecule has 0 aliphatic heterocycles. The first-order valence-corrected chi connectivity index (χ1v) is 16.7. The van der Waals surface area contributed by atoms with E-state index in [0.717, 1.165) is 49.8 Å². The van der Waals surface area contributed by atoms with Crippen LogP contribution in [0.25, 0.3) is 74.8 Å². The Morgan fingerprint density at radius 2 is 1.09 bits per heavy atom. The zero-order valence-corrected chi connectivity index (χ0v) is 26.2. The third kappa shape index (κ3) is 4.10. The number of fused-ring (bicyclic) bond motifs is 9. The van der Waals surface area contributed by atoms with Crippen molar-refractivity contribution in [3.05, 3.63) is 164 Å². The highest BCUT2D eigenvalue weighted by Gasteiger charge is 2.21. The van der Waals surface area contributed by atoms with Gasteiger partial charge in [-0.3, -0.25) is 0 Å². The van der Waals surface area contributed by atoms with Crippen LogP contribution in [0.3, 0.4) is 0 Å². The van der Waals surface area contributed by atoms with Gasteiger partial charge in [-0.25, -0.2) is 0 Å². The van der Waals surface area contributed by atoms with Crippen molar-refractivity contribution >= 4 is 92.1 Å². The van der Waals surface area contributed by atoms with Crippen molar-refractivity contribution < 1.29 is 4.42 Å². The molecule has 0 saturated heterocycles. The molecule has 220 valence electrons. The normalized spacial score (nSPS) is 11.8. The van der Waals surface area contributed by atoms with E-state index in [1.54, 1.807) is 0 Å². The molecule has 0 unspecified atom stereocenters. The molecule has 0 fully saturated rings. The SMILES string of the molecule is c1ccc2c(-c3ccc(N(c4ccc5c(c4)sc4ccccc45)c4cc5c6ccccc6oc5c5ccccc45)cc3)cccc2c1. The highest BCUT2D eigenvalue weighted by Crippen LogP contribution is 2.46. The highest BCUT2D eigenvalue weighted by atomic mass is 32.1. The Bertz CT molecular complexity index is 2800. The van der Waals surface area contributed by atoms with Gasteiger partial charge in [0, 0.05) is 53.1 Å². The molecule has 10 aromatic rings. The van der Waals surface area contributed by atoms with Crippen molar-refractivity contribution in [2.24, 2.45) is 0 Å². The fraction of sp³-hybridized carbons (Fsp3) is 0. The number of para-hydroxylation sites is 1. The quantitative estimate of drug-likeness (QED) is 0.195.